The average Bonchev–Trinajstić information content (AvgIpc) is 3.20. The maximum Gasteiger partial charge on any atom is 0.416 e. The number of hydrogen-bond donors (Lipinski definition) is 2. The molecule has 0 unspecified atom stereocenters. The van der Waals surface area contributed by atoms with Gasteiger partial charge in [-0.25, -0.2) is 9.67 Å². The number of carbonyl (C=O) groups is 1. The van der Waals surface area contributed by atoms with E-state index in [4.69, 9.17) is 4.74 Å². The first-order chi connectivity index (χ1) is 13.4. The predicted octanol–water partition coefficient (Wildman–Crippen LogP) is 3.35. The molecule has 0 saturated heterocycles. The van der Waals surface area contributed by atoms with Crippen molar-refractivity contribution < 1.29 is 22.7 Å². The van der Waals surface area contributed by atoms with E-state index in [1.165, 1.54) is 30.5 Å². The van der Waals surface area contributed by atoms with Gasteiger partial charge in [0.05, 0.1) is 36.3 Å². The van der Waals surface area contributed by atoms with Gasteiger partial charge in [0.1, 0.15) is 18.4 Å². The van der Waals surface area contributed by atoms with Crippen LogP contribution in [0.3, 0.4) is 0 Å². The molecule has 28 heavy (non-hydrogen) atoms. The van der Waals surface area contributed by atoms with Crippen LogP contribution in [0.4, 0.5) is 24.5 Å². The molecule has 0 atom stereocenters. The van der Waals surface area contributed by atoms with E-state index in [-0.39, 0.29) is 17.9 Å². The molecule has 2 N–H and O–H groups in total. The topological polar surface area (TPSA) is 81.1 Å². The van der Waals surface area contributed by atoms with Crippen molar-refractivity contribution in [2.24, 2.45) is 0 Å². The summed E-state index contributed by atoms with van der Waals surface area (Å²) >= 11 is 0. The van der Waals surface area contributed by atoms with Crippen LogP contribution in [-0.2, 0) is 11.0 Å². The summed E-state index contributed by atoms with van der Waals surface area (Å²) in [5.41, 5.74) is -0.0756. The number of benzene rings is 2. The molecule has 10 heteroatoms. The highest BCUT2D eigenvalue weighted by Crippen LogP contribution is 2.33. The Morgan fingerprint density at radius 3 is 2.64 bits per heavy atom. The first-order valence-corrected chi connectivity index (χ1v) is 8.11. The van der Waals surface area contributed by atoms with E-state index in [1.807, 2.05) is 0 Å². The lowest BCUT2D eigenvalue weighted by Gasteiger charge is -2.15. The van der Waals surface area contributed by atoms with Crippen molar-refractivity contribution in [3.05, 3.63) is 60.7 Å². The number of hydrogen-bond acceptors (Lipinski definition) is 5. The minimum atomic E-state index is -4.55. The van der Waals surface area contributed by atoms with E-state index >= 15 is 0 Å². The van der Waals surface area contributed by atoms with Crippen molar-refractivity contribution in [3.8, 4) is 11.4 Å². The molecule has 1 heterocycles. The molecule has 0 fully saturated rings. The highest BCUT2D eigenvalue weighted by molar-refractivity contribution is 5.95. The van der Waals surface area contributed by atoms with Crippen molar-refractivity contribution in [1.82, 2.24) is 14.8 Å². The third kappa shape index (κ3) is 4.40. The molecule has 1 aromatic heterocycles. The fourth-order valence-corrected chi connectivity index (χ4v) is 2.51. The van der Waals surface area contributed by atoms with Gasteiger partial charge < -0.3 is 15.4 Å². The monoisotopic (exact) mass is 391 g/mol. The van der Waals surface area contributed by atoms with Crippen molar-refractivity contribution >= 4 is 17.3 Å². The second-order valence-electron chi connectivity index (χ2n) is 5.67. The van der Waals surface area contributed by atoms with E-state index in [2.05, 4.69) is 20.7 Å². The smallest absolute Gasteiger partial charge is 0.416 e. The third-order valence-electron chi connectivity index (χ3n) is 3.81. The molecule has 2 aromatic carbocycles. The number of ether oxygens (including phenoxy) is 1. The Kier molecular flexibility index (Phi) is 5.48. The van der Waals surface area contributed by atoms with E-state index < -0.39 is 17.6 Å². The second-order valence-corrected chi connectivity index (χ2v) is 5.67. The van der Waals surface area contributed by atoms with Crippen LogP contribution in [0.25, 0.3) is 5.69 Å². The molecular formula is C18H16F3N5O2. The Morgan fingerprint density at radius 2 is 1.96 bits per heavy atom. The van der Waals surface area contributed by atoms with E-state index in [1.54, 1.807) is 24.3 Å². The van der Waals surface area contributed by atoms with E-state index in [0.29, 0.717) is 11.4 Å². The number of halogens is 3. The summed E-state index contributed by atoms with van der Waals surface area (Å²) < 4.78 is 45.6. The average molecular weight is 391 g/mol. The van der Waals surface area contributed by atoms with Crippen LogP contribution in [0.2, 0.25) is 0 Å². The first kappa shape index (κ1) is 19.2. The Labute approximate surface area is 158 Å². The van der Waals surface area contributed by atoms with Crippen LogP contribution in [0.5, 0.6) is 5.75 Å². The molecule has 0 spiro atoms. The minimum absolute atomic E-state index is 0.0350. The zero-order valence-electron chi connectivity index (χ0n) is 14.7. The Morgan fingerprint density at radius 1 is 1.18 bits per heavy atom. The predicted molar refractivity (Wildman–Crippen MR) is 96.5 cm³/mol. The summed E-state index contributed by atoms with van der Waals surface area (Å²) in [6.07, 6.45) is -1.98. The molecule has 0 radical (unpaired) electrons. The number of rotatable bonds is 6. The fraction of sp³-hybridized carbons (Fsp3) is 0.167. The molecule has 0 aliphatic carbocycles. The number of carbonyl (C=O) groups excluding carboxylic acids is 1. The normalized spacial score (nSPS) is 11.1. The quantitative estimate of drug-likeness (QED) is 0.674. The Bertz CT molecular complexity index is 958. The van der Waals surface area contributed by atoms with Gasteiger partial charge in [0.25, 0.3) is 0 Å². The molecule has 146 valence electrons. The van der Waals surface area contributed by atoms with Gasteiger partial charge in [-0.05, 0) is 30.3 Å². The van der Waals surface area contributed by atoms with Crippen molar-refractivity contribution in [1.29, 1.82) is 0 Å². The number of nitrogens with one attached hydrogen (secondary N) is 2. The molecule has 0 aliphatic rings. The summed E-state index contributed by atoms with van der Waals surface area (Å²) in [5.74, 6) is 0.00395. The van der Waals surface area contributed by atoms with Gasteiger partial charge in [-0.15, -0.1) is 0 Å². The van der Waals surface area contributed by atoms with E-state index in [0.717, 1.165) is 12.1 Å². The van der Waals surface area contributed by atoms with Gasteiger partial charge in [0.15, 0.2) is 0 Å². The van der Waals surface area contributed by atoms with E-state index in [9.17, 15) is 18.0 Å². The first-order valence-electron chi connectivity index (χ1n) is 8.11. The van der Waals surface area contributed by atoms with Gasteiger partial charge in [-0.2, -0.15) is 18.3 Å². The molecule has 7 nitrogen and oxygen atoms in total. The lowest BCUT2D eigenvalue weighted by Crippen LogP contribution is -2.23. The summed E-state index contributed by atoms with van der Waals surface area (Å²) in [7, 11) is 1.49. The Hall–Kier alpha value is -3.56. The van der Waals surface area contributed by atoms with Crippen LogP contribution < -0.4 is 15.4 Å². The summed E-state index contributed by atoms with van der Waals surface area (Å²) in [5, 5.41) is 9.28. The summed E-state index contributed by atoms with van der Waals surface area (Å²) in [6.45, 7) is -0.173. The third-order valence-corrected chi connectivity index (χ3v) is 3.81. The number of alkyl halides is 3. The lowest BCUT2D eigenvalue weighted by molar-refractivity contribution is -0.137. The number of para-hydroxylation sites is 2. The molecular weight excluding hydrogens is 375 g/mol. The maximum absolute atomic E-state index is 13.1. The van der Waals surface area contributed by atoms with Gasteiger partial charge in [-0.1, -0.05) is 12.1 Å². The van der Waals surface area contributed by atoms with Crippen molar-refractivity contribution in [3.63, 3.8) is 0 Å². The highest BCUT2D eigenvalue weighted by Gasteiger charge is 2.31. The molecule has 3 aromatic rings. The fourth-order valence-electron chi connectivity index (χ4n) is 2.51. The van der Waals surface area contributed by atoms with Crippen LogP contribution in [-0.4, -0.2) is 34.3 Å². The molecule has 3 rings (SSSR count). The van der Waals surface area contributed by atoms with Crippen LogP contribution >= 0.6 is 0 Å². The zero-order valence-corrected chi connectivity index (χ0v) is 14.7. The van der Waals surface area contributed by atoms with Gasteiger partial charge >= 0.3 is 6.18 Å². The second kappa shape index (κ2) is 7.99. The molecule has 0 aliphatic heterocycles. The van der Waals surface area contributed by atoms with Gasteiger partial charge in [0.2, 0.25) is 5.91 Å². The number of aromatic nitrogens is 3. The lowest BCUT2D eigenvalue weighted by atomic mass is 10.1. The van der Waals surface area contributed by atoms with Crippen LogP contribution in [0, 0.1) is 0 Å². The number of amides is 1. The highest BCUT2D eigenvalue weighted by atomic mass is 19.4. The zero-order chi connectivity index (χ0) is 20.1. The molecule has 0 bridgehead atoms. The molecule has 0 saturated carbocycles. The SMILES string of the molecule is COc1ccccc1NCC(=O)Nc1cc(C(F)(F)F)ccc1-n1cncn1. The van der Waals surface area contributed by atoms with Gasteiger partial charge in [0, 0.05) is 0 Å². The Balaban J connectivity index is 1.80. The minimum Gasteiger partial charge on any atom is -0.495 e. The largest absolute Gasteiger partial charge is 0.495 e. The standard InChI is InChI=1S/C18H16F3N5O2/c1-28-16-5-3-2-4-13(16)23-9-17(27)25-14-8-12(18(19,20)21)6-7-15(14)26-11-22-10-24-26/h2-8,10-11,23H,9H2,1H3,(H,25,27). The summed E-state index contributed by atoms with van der Waals surface area (Å²) in [4.78, 5) is 16.1. The van der Waals surface area contributed by atoms with Crippen molar-refractivity contribution in [2.45, 2.75) is 6.18 Å². The maximum atomic E-state index is 13.1. The van der Waals surface area contributed by atoms with Crippen LogP contribution in [0.1, 0.15) is 5.56 Å². The summed E-state index contributed by atoms with van der Waals surface area (Å²) in [6, 6.07) is 9.97. The number of methoxy groups -OCH3 is 1. The van der Waals surface area contributed by atoms with Crippen molar-refractivity contribution in [2.75, 3.05) is 24.3 Å². The number of nitrogens with zero attached hydrogens (tertiary/aromatic N) is 3. The van der Waals surface area contributed by atoms with Gasteiger partial charge in [-0.3, -0.25) is 4.79 Å². The number of anilines is 2. The van der Waals surface area contributed by atoms with Crippen LogP contribution in [0.15, 0.2) is 55.1 Å². The molecule has 1 amide bonds.